The number of hydrogen-bond acceptors (Lipinski definition) is 6. The molecule has 0 saturated carbocycles. The Morgan fingerprint density at radius 3 is 3.23 bits per heavy atom. The second-order valence-electron chi connectivity index (χ2n) is 2.39. The number of nitrogens with zero attached hydrogens (tertiary/aromatic N) is 5. The van der Waals surface area contributed by atoms with Crippen molar-refractivity contribution in [2.45, 2.75) is 6.54 Å². The molecule has 0 atom stereocenters. The van der Waals surface area contributed by atoms with Crippen molar-refractivity contribution in [2.75, 3.05) is 0 Å². The summed E-state index contributed by atoms with van der Waals surface area (Å²) in [5.74, 6) is 0.0535. The molecular weight excluding hydrogens is 174 g/mol. The normalized spacial score (nSPS) is 10.5. The van der Waals surface area contributed by atoms with Crippen LogP contribution in [0.1, 0.15) is 5.69 Å². The van der Waals surface area contributed by atoms with E-state index in [0.29, 0.717) is 5.69 Å². The van der Waals surface area contributed by atoms with E-state index in [4.69, 9.17) is 5.11 Å². The summed E-state index contributed by atoms with van der Waals surface area (Å²) >= 11 is 0. The van der Waals surface area contributed by atoms with Crippen LogP contribution >= 0.6 is 0 Å². The SMILES string of the molecule is O=NCc1cc(O)nc2nncn12. The van der Waals surface area contributed by atoms with Crippen molar-refractivity contribution in [2.24, 2.45) is 5.18 Å². The smallest absolute Gasteiger partial charge is 0.258 e. The van der Waals surface area contributed by atoms with E-state index in [-0.39, 0.29) is 18.2 Å². The van der Waals surface area contributed by atoms with Crippen LogP contribution in [0.3, 0.4) is 0 Å². The van der Waals surface area contributed by atoms with Crippen LogP contribution in [0.15, 0.2) is 17.6 Å². The first kappa shape index (κ1) is 7.59. The quantitative estimate of drug-likeness (QED) is 0.659. The van der Waals surface area contributed by atoms with Gasteiger partial charge in [-0.15, -0.1) is 10.2 Å². The van der Waals surface area contributed by atoms with Crippen molar-refractivity contribution in [1.29, 1.82) is 0 Å². The minimum atomic E-state index is -0.195. The third-order valence-electron chi connectivity index (χ3n) is 1.58. The van der Waals surface area contributed by atoms with E-state index in [2.05, 4.69) is 20.4 Å². The Kier molecular flexibility index (Phi) is 1.62. The van der Waals surface area contributed by atoms with E-state index in [1.807, 2.05) is 0 Å². The molecule has 0 fully saturated rings. The second kappa shape index (κ2) is 2.77. The first-order valence-electron chi connectivity index (χ1n) is 3.49. The van der Waals surface area contributed by atoms with Crippen LogP contribution < -0.4 is 0 Å². The monoisotopic (exact) mass is 179 g/mol. The van der Waals surface area contributed by atoms with Gasteiger partial charge in [0.2, 0.25) is 5.88 Å². The molecule has 13 heavy (non-hydrogen) atoms. The fraction of sp³-hybridized carbons (Fsp3) is 0.167. The summed E-state index contributed by atoms with van der Waals surface area (Å²) in [5, 5.41) is 19.0. The van der Waals surface area contributed by atoms with E-state index in [1.54, 1.807) is 0 Å². The Morgan fingerprint density at radius 2 is 2.46 bits per heavy atom. The third kappa shape index (κ3) is 1.19. The molecule has 66 valence electrons. The molecule has 2 heterocycles. The van der Waals surface area contributed by atoms with Crippen LogP contribution in [0, 0.1) is 4.91 Å². The molecule has 0 aromatic carbocycles. The fourth-order valence-electron chi connectivity index (χ4n) is 1.05. The first-order chi connectivity index (χ1) is 6.31. The summed E-state index contributed by atoms with van der Waals surface area (Å²) in [7, 11) is 0. The van der Waals surface area contributed by atoms with Crippen molar-refractivity contribution in [1.82, 2.24) is 19.6 Å². The highest BCUT2D eigenvalue weighted by molar-refractivity contribution is 5.32. The van der Waals surface area contributed by atoms with Crippen molar-refractivity contribution >= 4 is 5.78 Å². The van der Waals surface area contributed by atoms with Crippen LogP contribution in [-0.2, 0) is 6.54 Å². The maximum Gasteiger partial charge on any atom is 0.258 e. The molecule has 0 aliphatic carbocycles. The van der Waals surface area contributed by atoms with Crippen LogP contribution in [-0.4, -0.2) is 24.7 Å². The average Bonchev–Trinajstić information content (AvgIpc) is 2.52. The van der Waals surface area contributed by atoms with Gasteiger partial charge in [0.15, 0.2) is 0 Å². The lowest BCUT2D eigenvalue weighted by molar-refractivity contribution is 0.452. The molecule has 0 spiro atoms. The summed E-state index contributed by atoms with van der Waals surface area (Å²) < 4.78 is 1.49. The zero-order chi connectivity index (χ0) is 9.26. The third-order valence-corrected chi connectivity index (χ3v) is 1.58. The number of hydrogen-bond donors (Lipinski definition) is 1. The molecule has 0 aliphatic rings. The van der Waals surface area contributed by atoms with Gasteiger partial charge in [-0.2, -0.15) is 9.89 Å². The Morgan fingerprint density at radius 1 is 1.62 bits per heavy atom. The molecular formula is C6H5N5O2. The standard InChI is InChI=1S/C6H5N5O2/c12-5-1-4(2-8-13)11-3-7-10-6(11)9-5/h1,3H,2H2,(H,9,10,12). The molecule has 7 heteroatoms. The molecule has 2 aromatic rings. The largest absolute Gasteiger partial charge is 0.493 e. The number of aromatic hydroxyl groups is 1. The highest BCUT2D eigenvalue weighted by Crippen LogP contribution is 2.11. The van der Waals surface area contributed by atoms with Gasteiger partial charge in [0.05, 0.1) is 5.69 Å². The summed E-state index contributed by atoms with van der Waals surface area (Å²) in [6.07, 6.45) is 1.41. The second-order valence-corrected chi connectivity index (χ2v) is 2.39. The predicted molar refractivity (Wildman–Crippen MR) is 41.9 cm³/mol. The lowest BCUT2D eigenvalue weighted by Crippen LogP contribution is -1.96. The lowest BCUT2D eigenvalue weighted by atomic mass is 10.4. The minimum Gasteiger partial charge on any atom is -0.493 e. The fourth-order valence-corrected chi connectivity index (χ4v) is 1.05. The van der Waals surface area contributed by atoms with Gasteiger partial charge in [-0.25, -0.2) is 0 Å². The Bertz CT molecular complexity index is 451. The van der Waals surface area contributed by atoms with E-state index < -0.39 is 0 Å². The summed E-state index contributed by atoms with van der Waals surface area (Å²) in [6, 6.07) is 1.34. The number of rotatable bonds is 2. The summed E-state index contributed by atoms with van der Waals surface area (Å²) in [4.78, 5) is 13.7. The van der Waals surface area contributed by atoms with Crippen LogP contribution in [0.4, 0.5) is 0 Å². The van der Waals surface area contributed by atoms with E-state index in [1.165, 1.54) is 16.8 Å². The highest BCUT2D eigenvalue weighted by Gasteiger charge is 2.05. The Hall–Kier alpha value is -2.05. The van der Waals surface area contributed by atoms with E-state index in [0.717, 1.165) is 0 Å². The van der Waals surface area contributed by atoms with Gasteiger partial charge >= 0.3 is 0 Å². The average molecular weight is 179 g/mol. The molecule has 0 saturated heterocycles. The number of aromatic nitrogens is 4. The van der Waals surface area contributed by atoms with Gasteiger partial charge in [0, 0.05) is 6.07 Å². The molecule has 0 radical (unpaired) electrons. The van der Waals surface area contributed by atoms with Crippen molar-refractivity contribution in [3.63, 3.8) is 0 Å². The van der Waals surface area contributed by atoms with Crippen molar-refractivity contribution in [3.8, 4) is 5.88 Å². The maximum absolute atomic E-state index is 10.0. The molecule has 7 nitrogen and oxygen atoms in total. The van der Waals surface area contributed by atoms with Gasteiger partial charge in [-0.3, -0.25) is 4.40 Å². The zero-order valence-electron chi connectivity index (χ0n) is 6.45. The van der Waals surface area contributed by atoms with Crippen molar-refractivity contribution in [3.05, 3.63) is 23.0 Å². The Labute approximate surface area is 72.0 Å². The maximum atomic E-state index is 10.0. The van der Waals surface area contributed by atoms with Gasteiger partial charge in [0.1, 0.15) is 12.9 Å². The van der Waals surface area contributed by atoms with Gasteiger partial charge in [-0.05, 0) is 0 Å². The van der Waals surface area contributed by atoms with Crippen molar-refractivity contribution < 1.29 is 5.11 Å². The lowest BCUT2D eigenvalue weighted by Gasteiger charge is -1.99. The van der Waals surface area contributed by atoms with Gasteiger partial charge in [-0.1, -0.05) is 5.18 Å². The highest BCUT2D eigenvalue weighted by atomic mass is 16.3. The van der Waals surface area contributed by atoms with E-state index >= 15 is 0 Å². The minimum absolute atomic E-state index is 0.0510. The molecule has 0 unspecified atom stereocenters. The van der Waals surface area contributed by atoms with Gasteiger partial charge < -0.3 is 5.11 Å². The number of nitroso groups, excluding NO2 is 1. The topological polar surface area (TPSA) is 92.7 Å². The summed E-state index contributed by atoms with van der Waals surface area (Å²) in [6.45, 7) is -0.0510. The molecule has 0 aliphatic heterocycles. The molecule has 2 aromatic heterocycles. The molecule has 1 N–H and O–H groups in total. The van der Waals surface area contributed by atoms with Gasteiger partial charge in [0.25, 0.3) is 5.78 Å². The number of fused-ring (bicyclic) bond motifs is 1. The van der Waals surface area contributed by atoms with Crippen LogP contribution in [0.2, 0.25) is 0 Å². The summed E-state index contributed by atoms with van der Waals surface area (Å²) in [5.41, 5.74) is 0.502. The van der Waals surface area contributed by atoms with Crippen LogP contribution in [0.25, 0.3) is 5.78 Å². The Balaban J connectivity index is 2.69. The zero-order valence-corrected chi connectivity index (χ0v) is 6.45. The molecule has 0 amide bonds. The molecule has 2 rings (SSSR count). The predicted octanol–water partition coefficient (Wildman–Crippen LogP) is 0.0963. The van der Waals surface area contributed by atoms with E-state index in [9.17, 15) is 4.91 Å². The molecule has 0 bridgehead atoms. The first-order valence-corrected chi connectivity index (χ1v) is 3.49. The van der Waals surface area contributed by atoms with Crippen LogP contribution in [0.5, 0.6) is 5.88 Å².